The number of piperidine rings is 1. The number of carbonyl (C=O) groups is 1. The van der Waals surface area contributed by atoms with Crippen molar-refractivity contribution in [2.45, 2.75) is 31.6 Å². The Labute approximate surface area is 147 Å². The lowest BCUT2D eigenvalue weighted by molar-refractivity contribution is -0.132. The Balaban J connectivity index is 1.90. The normalized spacial score (nSPS) is 16.0. The van der Waals surface area contributed by atoms with E-state index in [2.05, 4.69) is 0 Å². The fourth-order valence-corrected chi connectivity index (χ4v) is 3.52. The van der Waals surface area contributed by atoms with Crippen LogP contribution in [0.25, 0.3) is 0 Å². The van der Waals surface area contributed by atoms with E-state index in [1.54, 1.807) is 18.2 Å². The topological polar surface area (TPSA) is 40.5 Å². The van der Waals surface area contributed by atoms with Gasteiger partial charge < -0.3 is 10.0 Å². The molecule has 24 heavy (non-hydrogen) atoms. The highest BCUT2D eigenvalue weighted by molar-refractivity contribution is 6.30. The van der Waals surface area contributed by atoms with Crippen molar-refractivity contribution >= 4 is 17.5 Å². The van der Waals surface area contributed by atoms with Crippen LogP contribution in [-0.2, 0) is 4.79 Å². The summed E-state index contributed by atoms with van der Waals surface area (Å²) < 4.78 is 0. The third-order valence-corrected chi connectivity index (χ3v) is 4.89. The molecule has 1 N–H and O–H groups in total. The van der Waals surface area contributed by atoms with Gasteiger partial charge in [-0.05, 0) is 43.0 Å². The summed E-state index contributed by atoms with van der Waals surface area (Å²) in [7, 11) is 0. The maximum absolute atomic E-state index is 12.8. The molecule has 3 nitrogen and oxygen atoms in total. The molecule has 0 aromatic heterocycles. The summed E-state index contributed by atoms with van der Waals surface area (Å²) in [6.07, 6.45) is 3.69. The van der Waals surface area contributed by atoms with Crippen molar-refractivity contribution in [2.24, 2.45) is 0 Å². The zero-order valence-corrected chi connectivity index (χ0v) is 14.4. The monoisotopic (exact) mass is 343 g/mol. The first kappa shape index (κ1) is 16.8. The molecule has 0 saturated carbocycles. The van der Waals surface area contributed by atoms with Crippen molar-refractivity contribution < 1.29 is 9.90 Å². The largest absolute Gasteiger partial charge is 0.508 e. The van der Waals surface area contributed by atoms with Gasteiger partial charge >= 0.3 is 0 Å². The molecular weight excluding hydrogens is 322 g/mol. The van der Waals surface area contributed by atoms with E-state index in [4.69, 9.17) is 11.6 Å². The first-order valence-corrected chi connectivity index (χ1v) is 8.84. The average Bonchev–Trinajstić information content (AvgIpc) is 2.63. The lowest BCUT2D eigenvalue weighted by Crippen LogP contribution is -2.36. The number of phenolic OH excluding ortho intramolecular Hbond substituents is 1. The van der Waals surface area contributed by atoms with E-state index in [1.165, 1.54) is 6.42 Å². The number of halogens is 1. The molecule has 1 aliphatic heterocycles. The summed E-state index contributed by atoms with van der Waals surface area (Å²) >= 11 is 6.13. The summed E-state index contributed by atoms with van der Waals surface area (Å²) in [5.41, 5.74) is 1.72. The lowest BCUT2D eigenvalue weighted by atomic mass is 9.87. The molecule has 0 spiro atoms. The lowest BCUT2D eigenvalue weighted by Gasteiger charge is -2.29. The second-order valence-electron chi connectivity index (χ2n) is 6.31. The summed E-state index contributed by atoms with van der Waals surface area (Å²) in [5, 5.41) is 10.9. The molecule has 2 aromatic carbocycles. The molecule has 1 atom stereocenters. The van der Waals surface area contributed by atoms with Crippen LogP contribution >= 0.6 is 11.6 Å². The molecule has 1 amide bonds. The minimum absolute atomic E-state index is 0.142. The third-order valence-electron chi connectivity index (χ3n) is 4.65. The molecule has 3 rings (SSSR count). The van der Waals surface area contributed by atoms with E-state index in [-0.39, 0.29) is 17.6 Å². The Bertz CT molecular complexity index is 696. The Hall–Kier alpha value is -2.00. The van der Waals surface area contributed by atoms with Crippen molar-refractivity contribution in [2.75, 3.05) is 13.1 Å². The van der Waals surface area contributed by atoms with Gasteiger partial charge in [0.15, 0.2) is 0 Å². The maximum Gasteiger partial charge on any atom is 0.223 e. The fraction of sp³-hybridized carbons (Fsp3) is 0.350. The number of hydrogen-bond acceptors (Lipinski definition) is 2. The van der Waals surface area contributed by atoms with E-state index in [0.717, 1.165) is 31.5 Å². The molecule has 0 bridgehead atoms. The van der Waals surface area contributed by atoms with E-state index >= 15 is 0 Å². The predicted molar refractivity (Wildman–Crippen MR) is 96.4 cm³/mol. The first-order chi connectivity index (χ1) is 11.6. The molecule has 1 fully saturated rings. The molecule has 1 saturated heterocycles. The Kier molecular flexibility index (Phi) is 5.41. The van der Waals surface area contributed by atoms with E-state index < -0.39 is 0 Å². The Morgan fingerprint density at radius 3 is 2.50 bits per heavy atom. The van der Waals surface area contributed by atoms with Gasteiger partial charge in [-0.25, -0.2) is 0 Å². The van der Waals surface area contributed by atoms with Crippen LogP contribution in [0, 0.1) is 0 Å². The smallest absolute Gasteiger partial charge is 0.223 e. The zero-order valence-electron chi connectivity index (χ0n) is 13.6. The number of nitrogens with zero attached hydrogens (tertiary/aromatic N) is 1. The molecule has 0 aliphatic carbocycles. The number of likely N-dealkylation sites (tertiary alicyclic amines) is 1. The maximum atomic E-state index is 12.8. The van der Waals surface area contributed by atoms with Crippen molar-refractivity contribution in [1.29, 1.82) is 0 Å². The van der Waals surface area contributed by atoms with Gasteiger partial charge in [-0.2, -0.15) is 0 Å². The molecule has 1 heterocycles. The highest BCUT2D eigenvalue weighted by Crippen LogP contribution is 2.36. The highest BCUT2D eigenvalue weighted by Gasteiger charge is 2.25. The number of benzene rings is 2. The number of aromatic hydroxyl groups is 1. The number of hydrogen-bond donors (Lipinski definition) is 1. The standard InChI is InChI=1S/C20H22ClNO2/c21-16-9-10-19(23)18(13-16)17(15-7-3-1-4-8-15)14-20(24)22-11-5-2-6-12-22/h1,3-4,7-10,13,17,23H,2,5-6,11-12,14H2/t17-/m1/s1. The van der Waals surface area contributed by atoms with E-state index in [0.29, 0.717) is 17.0 Å². The summed E-state index contributed by atoms with van der Waals surface area (Å²) in [6.45, 7) is 1.67. The quantitative estimate of drug-likeness (QED) is 0.882. The summed E-state index contributed by atoms with van der Waals surface area (Å²) in [5.74, 6) is 0.127. The van der Waals surface area contributed by atoms with Gasteiger partial charge in [0, 0.05) is 36.0 Å². The van der Waals surface area contributed by atoms with Crippen molar-refractivity contribution in [3.05, 3.63) is 64.7 Å². The van der Waals surface area contributed by atoms with Crippen molar-refractivity contribution in [3.63, 3.8) is 0 Å². The van der Waals surface area contributed by atoms with Gasteiger partial charge in [-0.15, -0.1) is 0 Å². The van der Waals surface area contributed by atoms with Gasteiger partial charge in [-0.1, -0.05) is 41.9 Å². The minimum Gasteiger partial charge on any atom is -0.508 e. The Morgan fingerprint density at radius 2 is 1.79 bits per heavy atom. The molecule has 0 unspecified atom stereocenters. The minimum atomic E-state index is -0.195. The van der Waals surface area contributed by atoms with Crippen LogP contribution in [-0.4, -0.2) is 29.0 Å². The van der Waals surface area contributed by atoms with Crippen LogP contribution in [0.3, 0.4) is 0 Å². The van der Waals surface area contributed by atoms with Gasteiger partial charge in [0.1, 0.15) is 5.75 Å². The van der Waals surface area contributed by atoms with Crippen LogP contribution in [0.2, 0.25) is 5.02 Å². The number of amides is 1. The third kappa shape index (κ3) is 3.90. The zero-order chi connectivity index (χ0) is 16.9. The second-order valence-corrected chi connectivity index (χ2v) is 6.75. The molecular formula is C20H22ClNO2. The molecule has 4 heteroatoms. The SMILES string of the molecule is O=C(C[C@H](c1ccccc1)c1cc(Cl)ccc1O)N1CCCCC1. The number of carbonyl (C=O) groups excluding carboxylic acids is 1. The molecule has 126 valence electrons. The van der Waals surface area contributed by atoms with Gasteiger partial charge in [0.05, 0.1) is 0 Å². The van der Waals surface area contributed by atoms with Crippen LogP contribution in [0.15, 0.2) is 48.5 Å². The van der Waals surface area contributed by atoms with E-state index in [9.17, 15) is 9.90 Å². The van der Waals surface area contributed by atoms with Crippen LogP contribution in [0.1, 0.15) is 42.7 Å². The predicted octanol–water partition coefficient (Wildman–Crippen LogP) is 4.58. The van der Waals surface area contributed by atoms with Crippen LogP contribution in [0.5, 0.6) is 5.75 Å². The number of phenols is 1. The van der Waals surface area contributed by atoms with Gasteiger partial charge in [-0.3, -0.25) is 4.79 Å². The first-order valence-electron chi connectivity index (χ1n) is 8.46. The summed E-state index contributed by atoms with van der Waals surface area (Å²) in [6, 6.07) is 14.9. The molecule has 2 aromatic rings. The molecule has 0 radical (unpaired) electrons. The highest BCUT2D eigenvalue weighted by atomic mass is 35.5. The van der Waals surface area contributed by atoms with Gasteiger partial charge in [0.25, 0.3) is 0 Å². The fourth-order valence-electron chi connectivity index (χ4n) is 3.34. The Morgan fingerprint density at radius 1 is 1.08 bits per heavy atom. The van der Waals surface area contributed by atoms with E-state index in [1.807, 2.05) is 35.2 Å². The second kappa shape index (κ2) is 7.71. The van der Waals surface area contributed by atoms with Crippen molar-refractivity contribution in [1.82, 2.24) is 4.90 Å². The number of rotatable bonds is 4. The summed E-state index contributed by atoms with van der Waals surface area (Å²) in [4.78, 5) is 14.7. The van der Waals surface area contributed by atoms with Gasteiger partial charge in [0.2, 0.25) is 5.91 Å². The average molecular weight is 344 g/mol. The van der Waals surface area contributed by atoms with Crippen LogP contribution in [0.4, 0.5) is 0 Å². The molecule has 1 aliphatic rings. The van der Waals surface area contributed by atoms with Crippen molar-refractivity contribution in [3.8, 4) is 5.75 Å². The van der Waals surface area contributed by atoms with Crippen LogP contribution < -0.4 is 0 Å².